The van der Waals surface area contributed by atoms with Crippen LogP contribution in [-0.2, 0) is 28.2 Å². The molecule has 190 valence electrons. The molecule has 0 saturated heterocycles. The molecule has 5 rings (SSSR count). The maximum absolute atomic E-state index is 13.8. The number of fused-ring (bicyclic) bond motifs is 2. The molecule has 7 heteroatoms. The van der Waals surface area contributed by atoms with Gasteiger partial charge in [-0.1, -0.05) is 61.0 Å². The monoisotopic (exact) mass is 516 g/mol. The molecular formula is C30H29ClN2O4. The zero-order valence-corrected chi connectivity index (χ0v) is 21.4. The Kier molecular flexibility index (Phi) is 6.90. The van der Waals surface area contributed by atoms with Crippen LogP contribution in [0.15, 0.2) is 78.9 Å². The molecule has 0 bridgehead atoms. The minimum atomic E-state index is -1.79. The summed E-state index contributed by atoms with van der Waals surface area (Å²) in [6, 6.07) is 20.6. The molecule has 2 amide bonds. The van der Waals surface area contributed by atoms with E-state index < -0.39 is 17.4 Å². The molecule has 0 fully saturated rings. The largest absolute Gasteiger partial charge is 0.396 e. The molecule has 2 N–H and O–H groups in total. The highest BCUT2D eigenvalue weighted by Crippen LogP contribution is 2.47. The van der Waals surface area contributed by atoms with Gasteiger partial charge in [0.05, 0.1) is 17.9 Å². The fourth-order valence-electron chi connectivity index (χ4n) is 5.28. The number of para-hydroxylation sites is 1. The smallest absolute Gasteiger partial charge is 0.264 e. The van der Waals surface area contributed by atoms with Crippen LogP contribution in [0.3, 0.4) is 0 Å². The van der Waals surface area contributed by atoms with Crippen LogP contribution in [0.4, 0.5) is 17.1 Å². The molecule has 0 spiro atoms. The topological polar surface area (TPSA) is 81.1 Å². The molecular weight excluding hydrogens is 488 g/mol. The number of amides is 2. The van der Waals surface area contributed by atoms with Gasteiger partial charge in [-0.3, -0.25) is 14.5 Å². The molecule has 0 unspecified atom stereocenters. The van der Waals surface area contributed by atoms with Crippen molar-refractivity contribution in [3.63, 3.8) is 0 Å². The van der Waals surface area contributed by atoms with E-state index in [4.69, 9.17) is 16.7 Å². The van der Waals surface area contributed by atoms with E-state index >= 15 is 0 Å². The van der Waals surface area contributed by atoms with E-state index in [1.54, 1.807) is 47.1 Å². The second kappa shape index (κ2) is 10.1. The van der Waals surface area contributed by atoms with Crippen LogP contribution in [0, 0.1) is 5.92 Å². The number of hydrogen-bond acceptors (Lipinski definition) is 4. The number of benzene rings is 3. The molecule has 0 radical (unpaired) electrons. The van der Waals surface area contributed by atoms with Crippen molar-refractivity contribution < 1.29 is 19.8 Å². The zero-order valence-electron chi connectivity index (χ0n) is 20.6. The normalized spacial score (nSPS) is 19.9. The van der Waals surface area contributed by atoms with E-state index in [1.807, 2.05) is 48.5 Å². The lowest BCUT2D eigenvalue weighted by Gasteiger charge is -2.30. The minimum Gasteiger partial charge on any atom is -0.396 e. The second-order valence-corrected chi connectivity index (χ2v) is 10.0. The van der Waals surface area contributed by atoms with Crippen LogP contribution >= 0.6 is 11.6 Å². The Bertz CT molecular complexity index is 1390. The zero-order chi connectivity index (χ0) is 26.2. The third-order valence-electron chi connectivity index (χ3n) is 7.21. The van der Waals surface area contributed by atoms with Crippen molar-refractivity contribution in [2.45, 2.75) is 38.3 Å². The summed E-state index contributed by atoms with van der Waals surface area (Å²) in [5.41, 5.74) is 2.85. The summed E-state index contributed by atoms with van der Waals surface area (Å²) in [6.45, 7) is 1.99. The third-order valence-corrected chi connectivity index (χ3v) is 7.45. The summed E-state index contributed by atoms with van der Waals surface area (Å²) in [5, 5.41) is 21.3. The maximum Gasteiger partial charge on any atom is 0.264 e. The summed E-state index contributed by atoms with van der Waals surface area (Å²) in [4.78, 5) is 30.0. The first-order valence-corrected chi connectivity index (χ1v) is 12.8. The average Bonchev–Trinajstić information content (AvgIpc) is 3.11. The summed E-state index contributed by atoms with van der Waals surface area (Å²) in [7, 11) is 0. The van der Waals surface area contributed by atoms with E-state index in [1.165, 1.54) is 0 Å². The van der Waals surface area contributed by atoms with E-state index in [0.29, 0.717) is 29.1 Å². The fraction of sp³-hybridized carbons (Fsp3) is 0.267. The number of aryl methyl sites for hydroxylation is 1. The van der Waals surface area contributed by atoms with Gasteiger partial charge in [0.25, 0.3) is 5.91 Å². The highest BCUT2D eigenvalue weighted by Gasteiger charge is 2.52. The van der Waals surface area contributed by atoms with Crippen LogP contribution in [0.2, 0.25) is 5.02 Å². The molecule has 0 aromatic heterocycles. The third kappa shape index (κ3) is 4.46. The lowest BCUT2D eigenvalue weighted by atomic mass is 9.83. The van der Waals surface area contributed by atoms with E-state index in [0.717, 1.165) is 28.9 Å². The van der Waals surface area contributed by atoms with Crippen molar-refractivity contribution in [3.05, 3.63) is 101 Å². The number of aliphatic hydroxyl groups is 2. The predicted molar refractivity (Wildman–Crippen MR) is 145 cm³/mol. The summed E-state index contributed by atoms with van der Waals surface area (Å²) >= 11 is 6.27. The molecule has 6 nitrogen and oxygen atoms in total. The number of hydrogen-bond donors (Lipinski definition) is 2. The van der Waals surface area contributed by atoms with Crippen molar-refractivity contribution >= 4 is 40.5 Å². The standard InChI is InChI=1S/C30H29ClN2O4/c1-20(7-4-5-16-34)30(37)25-18-23(31)13-14-27(25)32(29(30)36)19-21-8-6-10-24(17-21)33-26-11-3-2-9-22(26)12-15-28(33)35/h2-4,6-11,13-14,17-18,20,34,37H,5,12,15-16,19H2,1H3/b7-4+/t20-,30+/m0/s1. The Labute approximate surface area is 221 Å². The molecule has 2 aliphatic rings. The first kappa shape index (κ1) is 25.2. The van der Waals surface area contributed by atoms with E-state index in [-0.39, 0.29) is 19.1 Å². The Hall–Kier alpha value is -3.45. The molecule has 3 aromatic rings. The second-order valence-electron chi connectivity index (χ2n) is 9.58. The number of halogens is 1. The van der Waals surface area contributed by atoms with Gasteiger partial charge in [0.15, 0.2) is 5.60 Å². The Morgan fingerprint density at radius 1 is 1.03 bits per heavy atom. The Morgan fingerprint density at radius 2 is 1.84 bits per heavy atom. The summed E-state index contributed by atoms with van der Waals surface area (Å²) in [5.74, 6) is -0.941. The minimum absolute atomic E-state index is 0.00945. The molecule has 0 aliphatic carbocycles. The first-order valence-electron chi connectivity index (χ1n) is 12.5. The van der Waals surface area contributed by atoms with Crippen molar-refractivity contribution in [3.8, 4) is 0 Å². The number of rotatable bonds is 7. The van der Waals surface area contributed by atoms with Crippen molar-refractivity contribution in [1.82, 2.24) is 0 Å². The lowest BCUT2D eigenvalue weighted by molar-refractivity contribution is -0.139. The van der Waals surface area contributed by atoms with Gasteiger partial charge in [-0.15, -0.1) is 0 Å². The van der Waals surface area contributed by atoms with Gasteiger partial charge in [-0.25, -0.2) is 0 Å². The molecule has 37 heavy (non-hydrogen) atoms. The molecule has 0 saturated carbocycles. The van der Waals surface area contributed by atoms with Gasteiger partial charge < -0.3 is 15.1 Å². The average molecular weight is 517 g/mol. The number of carbonyl (C=O) groups excluding carboxylic acids is 2. The van der Waals surface area contributed by atoms with Crippen LogP contribution in [0.1, 0.15) is 36.5 Å². The van der Waals surface area contributed by atoms with Crippen LogP contribution in [-0.4, -0.2) is 28.6 Å². The van der Waals surface area contributed by atoms with Gasteiger partial charge in [0.2, 0.25) is 5.91 Å². The number of carbonyl (C=O) groups is 2. The summed E-state index contributed by atoms with van der Waals surface area (Å²) < 4.78 is 0. The van der Waals surface area contributed by atoms with Gasteiger partial charge in [0, 0.05) is 35.2 Å². The van der Waals surface area contributed by atoms with Crippen molar-refractivity contribution in [2.24, 2.45) is 5.92 Å². The van der Waals surface area contributed by atoms with Gasteiger partial charge >= 0.3 is 0 Å². The molecule has 2 heterocycles. The van der Waals surface area contributed by atoms with Crippen molar-refractivity contribution in [2.75, 3.05) is 16.4 Å². The Morgan fingerprint density at radius 3 is 2.65 bits per heavy atom. The quantitative estimate of drug-likeness (QED) is 0.420. The van der Waals surface area contributed by atoms with Gasteiger partial charge in [-0.2, -0.15) is 0 Å². The molecule has 2 atom stereocenters. The number of aliphatic hydroxyl groups excluding tert-OH is 1. The highest BCUT2D eigenvalue weighted by molar-refractivity contribution is 6.31. The fourth-order valence-corrected chi connectivity index (χ4v) is 5.45. The molecule has 3 aromatic carbocycles. The lowest BCUT2D eigenvalue weighted by Crippen LogP contribution is -2.44. The summed E-state index contributed by atoms with van der Waals surface area (Å²) in [6.07, 6.45) is 5.11. The maximum atomic E-state index is 13.8. The van der Waals surface area contributed by atoms with E-state index in [2.05, 4.69) is 0 Å². The van der Waals surface area contributed by atoms with Crippen LogP contribution < -0.4 is 9.80 Å². The van der Waals surface area contributed by atoms with Gasteiger partial charge in [0.1, 0.15) is 0 Å². The number of nitrogens with zero attached hydrogens (tertiary/aromatic N) is 2. The SMILES string of the molecule is C[C@@H](/C=C/CCO)[C@]1(O)C(=O)N(Cc2cccc(N3C(=O)CCc4ccccc43)c2)c2ccc(Cl)cc21. The van der Waals surface area contributed by atoms with Crippen molar-refractivity contribution in [1.29, 1.82) is 0 Å². The Balaban J connectivity index is 1.49. The highest BCUT2D eigenvalue weighted by atomic mass is 35.5. The molecule has 2 aliphatic heterocycles. The predicted octanol–water partition coefficient (Wildman–Crippen LogP) is 5.26. The van der Waals surface area contributed by atoms with Crippen LogP contribution in [0.5, 0.6) is 0 Å². The first-order chi connectivity index (χ1) is 17.8. The van der Waals surface area contributed by atoms with Gasteiger partial charge in [-0.05, 0) is 60.4 Å². The number of anilines is 3. The van der Waals surface area contributed by atoms with Crippen LogP contribution in [0.25, 0.3) is 0 Å². The van der Waals surface area contributed by atoms with E-state index in [9.17, 15) is 14.7 Å².